The van der Waals surface area contributed by atoms with Crippen LogP contribution in [0.3, 0.4) is 0 Å². The number of hydrogen-bond acceptors (Lipinski definition) is 7. The van der Waals surface area contributed by atoms with Crippen molar-refractivity contribution in [2.24, 2.45) is 22.2 Å². The highest BCUT2D eigenvalue weighted by molar-refractivity contribution is 7.08. The van der Waals surface area contributed by atoms with Crippen molar-refractivity contribution >= 4 is 69.3 Å². The van der Waals surface area contributed by atoms with Gasteiger partial charge in [0.25, 0.3) is 5.91 Å². The first-order chi connectivity index (χ1) is 27.0. The molecule has 56 heavy (non-hydrogen) atoms. The number of nitrogens with zero attached hydrogens (tertiary/aromatic N) is 1. The first-order valence-electron chi connectivity index (χ1n) is 17.9. The van der Waals surface area contributed by atoms with Crippen molar-refractivity contribution in [3.63, 3.8) is 0 Å². The van der Waals surface area contributed by atoms with E-state index in [1.807, 2.05) is 30.3 Å². The molecule has 5 amide bonds. The number of guanidine groups is 1. The number of halogens is 1. The maximum absolute atomic E-state index is 14.2. The van der Waals surface area contributed by atoms with Crippen LogP contribution in [0.5, 0.6) is 0 Å². The Morgan fingerprint density at radius 1 is 0.696 bits per heavy atom. The predicted molar refractivity (Wildman–Crippen MR) is 218 cm³/mol. The number of carbonyl (C=O) groups is 5. The number of aliphatic imine (C=N–C) groups is 1. The molecule has 4 atom stereocenters. The van der Waals surface area contributed by atoms with Crippen molar-refractivity contribution in [1.82, 2.24) is 26.3 Å². The van der Waals surface area contributed by atoms with Crippen LogP contribution in [-0.2, 0) is 38.4 Å². The number of aromatic nitrogens is 1. The van der Waals surface area contributed by atoms with Gasteiger partial charge in [0, 0.05) is 53.3 Å². The van der Waals surface area contributed by atoms with Crippen LogP contribution < -0.4 is 38.5 Å². The maximum atomic E-state index is 14.2. The Bertz CT molecular complexity index is 2140. The number of fused-ring (bicyclic) bond motifs is 1. The number of rotatable bonds is 19. The molecule has 11 N–H and O–H groups in total. The minimum Gasteiger partial charge on any atom is -0.370 e. The normalized spacial score (nSPS) is 13.1. The number of primary amides is 1. The molecule has 0 radical (unpaired) electrons. The van der Waals surface area contributed by atoms with E-state index in [4.69, 9.17) is 28.8 Å². The molecule has 0 aliphatic carbocycles. The minimum atomic E-state index is -1.19. The molecule has 0 spiro atoms. The molecule has 0 aliphatic heterocycles. The molecule has 0 saturated heterocycles. The summed E-state index contributed by atoms with van der Waals surface area (Å²) in [6, 6.07) is 20.5. The molecule has 0 fully saturated rings. The van der Waals surface area contributed by atoms with Gasteiger partial charge >= 0.3 is 0 Å². The van der Waals surface area contributed by atoms with Gasteiger partial charge in [0.15, 0.2) is 5.96 Å². The molecule has 0 aliphatic rings. The summed E-state index contributed by atoms with van der Waals surface area (Å²) in [6.07, 6.45) is 2.36. The van der Waals surface area contributed by atoms with Crippen molar-refractivity contribution in [1.29, 1.82) is 0 Å². The van der Waals surface area contributed by atoms with Crippen molar-refractivity contribution in [3.05, 3.63) is 129 Å². The number of thiophene rings is 1. The highest BCUT2D eigenvalue weighted by atomic mass is 35.5. The fraction of sp³-hybridized carbons (Fsp3) is 0.250. The van der Waals surface area contributed by atoms with Gasteiger partial charge in [-0.15, -0.1) is 0 Å². The van der Waals surface area contributed by atoms with Crippen LogP contribution in [0.1, 0.15) is 39.9 Å². The van der Waals surface area contributed by atoms with E-state index in [1.54, 1.807) is 71.6 Å². The Morgan fingerprint density at radius 3 is 1.96 bits per heavy atom. The summed E-state index contributed by atoms with van der Waals surface area (Å²) >= 11 is 7.43. The largest absolute Gasteiger partial charge is 0.370 e. The quantitative estimate of drug-likeness (QED) is 0.0353. The van der Waals surface area contributed by atoms with Crippen LogP contribution in [0.4, 0.5) is 0 Å². The Labute approximate surface area is 332 Å². The van der Waals surface area contributed by atoms with E-state index in [0.717, 1.165) is 27.6 Å². The number of nitrogens with two attached hydrogens (primary N) is 3. The molecule has 2 aromatic heterocycles. The zero-order valence-corrected chi connectivity index (χ0v) is 31.9. The third-order valence-electron chi connectivity index (χ3n) is 9.01. The molecule has 5 aromatic rings. The van der Waals surface area contributed by atoms with Gasteiger partial charge in [0.05, 0.1) is 5.56 Å². The molecule has 0 bridgehead atoms. The summed E-state index contributed by atoms with van der Waals surface area (Å²) in [7, 11) is 0. The summed E-state index contributed by atoms with van der Waals surface area (Å²) in [5.74, 6) is -3.32. The summed E-state index contributed by atoms with van der Waals surface area (Å²) in [5, 5.41) is 15.9. The van der Waals surface area contributed by atoms with E-state index in [1.165, 1.54) is 11.3 Å². The number of nitrogens with one attached hydrogen (secondary N) is 5. The van der Waals surface area contributed by atoms with Crippen LogP contribution in [0, 0.1) is 0 Å². The summed E-state index contributed by atoms with van der Waals surface area (Å²) in [4.78, 5) is 75.2. The van der Waals surface area contributed by atoms with Crippen LogP contribution in [0.15, 0.2) is 107 Å². The average molecular weight is 798 g/mol. The lowest BCUT2D eigenvalue weighted by molar-refractivity contribution is -0.133. The Balaban J connectivity index is 1.38. The van der Waals surface area contributed by atoms with Crippen LogP contribution in [0.25, 0.3) is 10.9 Å². The molecule has 0 unspecified atom stereocenters. The van der Waals surface area contributed by atoms with Gasteiger partial charge < -0.3 is 43.5 Å². The van der Waals surface area contributed by atoms with Crippen molar-refractivity contribution < 1.29 is 24.0 Å². The standard InChI is InChI=1S/C40H44ClN9O5S/c41-28-14-12-25(13-15-28)20-33(49-36(52)26-16-18-56-23-26)39(55)50-34(19-24-7-2-1-3-8-24)38(54)47-31(11-6-17-45-40(43)44)37(53)48-32(35(42)51)21-27-22-46-30-10-5-4-9-29(27)30/h1-5,7-10,12-16,18,22-23,31-34,46H,6,11,17,19-21H2,(H2,42,51)(H,47,54)(H,48,53)(H,49,52)(H,50,55)(H4,43,44,45)/t31-,32-,33-,34-/m0/s1. The number of para-hydroxylation sites is 1. The maximum Gasteiger partial charge on any atom is 0.252 e. The second-order valence-corrected chi connectivity index (χ2v) is 14.4. The lowest BCUT2D eigenvalue weighted by atomic mass is 10.0. The minimum absolute atomic E-state index is 0.0529. The van der Waals surface area contributed by atoms with Crippen molar-refractivity contribution in [2.45, 2.75) is 56.3 Å². The summed E-state index contributed by atoms with van der Waals surface area (Å²) < 4.78 is 0. The second-order valence-electron chi connectivity index (χ2n) is 13.2. The number of aromatic amines is 1. The number of H-pyrrole nitrogens is 1. The van der Waals surface area contributed by atoms with Crippen molar-refractivity contribution in [2.75, 3.05) is 6.54 Å². The molecule has 16 heteroatoms. The number of benzene rings is 3. The number of carbonyl (C=O) groups excluding carboxylic acids is 5. The van der Waals surface area contributed by atoms with E-state index in [-0.39, 0.29) is 44.6 Å². The zero-order valence-electron chi connectivity index (χ0n) is 30.4. The highest BCUT2D eigenvalue weighted by Gasteiger charge is 2.32. The number of amides is 5. The molecular formula is C40H44ClN9O5S. The van der Waals surface area contributed by atoms with Gasteiger partial charge in [0.2, 0.25) is 23.6 Å². The van der Waals surface area contributed by atoms with E-state index in [0.29, 0.717) is 10.6 Å². The SMILES string of the molecule is NC(=O)[C@H](Cc1c[nH]c2ccccc12)NC(=O)[C@H](CCCN=C(N)N)NC(=O)[C@H](Cc1ccccc1)NC(=O)[C@H](Cc1ccc(Cl)cc1)NC(=O)c1ccsc1. The fourth-order valence-corrected chi connectivity index (χ4v) is 6.85. The first kappa shape index (κ1) is 41.0. The Kier molecular flexibility index (Phi) is 14.6. The van der Waals surface area contributed by atoms with E-state index >= 15 is 0 Å². The van der Waals surface area contributed by atoms with Gasteiger partial charge in [-0.25, -0.2) is 0 Å². The molecule has 14 nitrogen and oxygen atoms in total. The fourth-order valence-electron chi connectivity index (χ4n) is 6.09. The molecule has 0 saturated carbocycles. The predicted octanol–water partition coefficient (Wildman–Crippen LogP) is 2.70. The van der Waals surface area contributed by atoms with E-state index in [9.17, 15) is 24.0 Å². The summed E-state index contributed by atoms with van der Waals surface area (Å²) in [5.41, 5.74) is 20.2. The molecule has 292 valence electrons. The van der Waals surface area contributed by atoms with Gasteiger partial charge in [0.1, 0.15) is 24.2 Å². The molecule has 5 rings (SSSR count). The number of hydrogen-bond donors (Lipinski definition) is 8. The topological polar surface area (TPSA) is 240 Å². The monoisotopic (exact) mass is 797 g/mol. The second kappa shape index (κ2) is 19.9. The summed E-state index contributed by atoms with van der Waals surface area (Å²) in [6.45, 7) is 0.164. The molecule has 2 heterocycles. The smallest absolute Gasteiger partial charge is 0.252 e. The third-order valence-corrected chi connectivity index (χ3v) is 9.95. The van der Waals surface area contributed by atoms with Gasteiger partial charge in [-0.3, -0.25) is 29.0 Å². The highest BCUT2D eigenvalue weighted by Crippen LogP contribution is 2.19. The zero-order chi connectivity index (χ0) is 40.0. The van der Waals surface area contributed by atoms with E-state index < -0.39 is 53.7 Å². The lowest BCUT2D eigenvalue weighted by Gasteiger charge is -2.26. The van der Waals surface area contributed by atoms with Crippen LogP contribution in [-0.4, -0.2) is 71.2 Å². The average Bonchev–Trinajstić information content (AvgIpc) is 3.87. The first-order valence-corrected chi connectivity index (χ1v) is 19.2. The van der Waals surface area contributed by atoms with Gasteiger partial charge in [-0.2, -0.15) is 11.3 Å². The molecular weight excluding hydrogens is 754 g/mol. The van der Waals surface area contributed by atoms with Crippen LogP contribution >= 0.6 is 22.9 Å². The van der Waals surface area contributed by atoms with Gasteiger partial charge in [-0.1, -0.05) is 72.3 Å². The lowest BCUT2D eigenvalue weighted by Crippen LogP contribution is -2.59. The third kappa shape index (κ3) is 11.9. The van der Waals surface area contributed by atoms with Crippen LogP contribution in [0.2, 0.25) is 5.02 Å². The molecule has 3 aromatic carbocycles. The van der Waals surface area contributed by atoms with Crippen molar-refractivity contribution in [3.8, 4) is 0 Å². The Hall–Kier alpha value is -6.19. The van der Waals surface area contributed by atoms with E-state index in [2.05, 4.69) is 31.2 Å². The van der Waals surface area contributed by atoms with Gasteiger partial charge in [-0.05, 0) is 59.2 Å². The Morgan fingerprint density at radius 2 is 1.30 bits per heavy atom.